The molecule has 3 nitrogen and oxygen atoms in total. The molecule has 3 aromatic rings. The zero-order valence-corrected chi connectivity index (χ0v) is 17.6. The van der Waals surface area contributed by atoms with E-state index < -0.39 is 11.7 Å². The number of nitrogens with one attached hydrogen (secondary N) is 1. The van der Waals surface area contributed by atoms with E-state index in [1.165, 1.54) is 18.2 Å². The van der Waals surface area contributed by atoms with Gasteiger partial charge in [-0.05, 0) is 70.1 Å². The van der Waals surface area contributed by atoms with E-state index in [1.807, 2.05) is 12.1 Å². The number of nitrogens with zero attached hydrogens (tertiary/aromatic N) is 1. The first kappa shape index (κ1) is 22.6. The summed E-state index contributed by atoms with van der Waals surface area (Å²) < 4.78 is 53.2. The molecule has 1 aliphatic rings. The number of alkyl halides is 3. The predicted molar refractivity (Wildman–Crippen MR) is 119 cm³/mol. The molecule has 0 bridgehead atoms. The van der Waals surface area contributed by atoms with Gasteiger partial charge in [0, 0.05) is 19.0 Å². The van der Waals surface area contributed by atoms with Crippen molar-refractivity contribution in [2.75, 3.05) is 13.1 Å². The topological polar surface area (TPSA) is 61.8 Å². The Kier molecular flexibility index (Phi) is 6.21. The molecule has 0 amide bonds. The van der Waals surface area contributed by atoms with Crippen molar-refractivity contribution in [1.82, 2.24) is 5.32 Å². The van der Waals surface area contributed by atoms with Crippen molar-refractivity contribution in [1.29, 1.82) is 5.26 Å². The second-order valence-corrected chi connectivity index (χ2v) is 8.01. The third-order valence-corrected chi connectivity index (χ3v) is 5.75. The van der Waals surface area contributed by atoms with Crippen LogP contribution in [0.4, 0.5) is 17.6 Å². The van der Waals surface area contributed by atoms with Crippen LogP contribution in [0.3, 0.4) is 0 Å². The Morgan fingerprint density at radius 1 is 0.939 bits per heavy atom. The van der Waals surface area contributed by atoms with Crippen LogP contribution >= 0.6 is 0 Å². The number of allylic oxidation sites excluding steroid dienone is 1. The molecule has 0 aromatic heterocycles. The van der Waals surface area contributed by atoms with Gasteiger partial charge in [-0.1, -0.05) is 36.4 Å². The van der Waals surface area contributed by atoms with E-state index in [4.69, 9.17) is 5.73 Å². The van der Waals surface area contributed by atoms with Crippen molar-refractivity contribution in [3.8, 4) is 17.2 Å². The highest BCUT2D eigenvalue weighted by molar-refractivity contribution is 5.79. The van der Waals surface area contributed by atoms with E-state index in [0.29, 0.717) is 36.3 Å². The Labute approximate surface area is 189 Å². The van der Waals surface area contributed by atoms with Gasteiger partial charge in [0.15, 0.2) is 0 Å². The molecule has 1 aliphatic heterocycles. The van der Waals surface area contributed by atoms with Gasteiger partial charge >= 0.3 is 6.18 Å². The molecule has 0 radical (unpaired) electrons. The van der Waals surface area contributed by atoms with Gasteiger partial charge < -0.3 is 11.1 Å². The molecular formula is C26H21F4N3. The van der Waals surface area contributed by atoms with Crippen LogP contribution < -0.4 is 11.1 Å². The van der Waals surface area contributed by atoms with E-state index >= 15 is 0 Å². The summed E-state index contributed by atoms with van der Waals surface area (Å²) in [7, 11) is 0. The SMILES string of the molecule is N#CC1=C(c2cc(Cc3ccc(F)cc3)cc(-c3cccc(C(F)(F)F)c3)c2)C(CN)CN1. The molecule has 7 heteroatoms. The van der Waals surface area contributed by atoms with Crippen molar-refractivity contribution in [3.63, 3.8) is 0 Å². The fourth-order valence-electron chi connectivity index (χ4n) is 4.14. The average Bonchev–Trinajstić information content (AvgIpc) is 3.23. The number of benzene rings is 3. The molecule has 0 saturated carbocycles. The number of rotatable bonds is 5. The summed E-state index contributed by atoms with van der Waals surface area (Å²) in [5.74, 6) is -0.432. The average molecular weight is 451 g/mol. The lowest BCUT2D eigenvalue weighted by atomic mass is 9.88. The molecule has 1 atom stereocenters. The summed E-state index contributed by atoms with van der Waals surface area (Å²) in [5.41, 5.74) is 9.81. The molecule has 33 heavy (non-hydrogen) atoms. The van der Waals surface area contributed by atoms with Crippen molar-refractivity contribution >= 4 is 5.57 Å². The number of hydrogen-bond donors (Lipinski definition) is 2. The van der Waals surface area contributed by atoms with Gasteiger partial charge in [-0.2, -0.15) is 18.4 Å². The van der Waals surface area contributed by atoms with Crippen LogP contribution in [0.2, 0.25) is 0 Å². The second-order valence-electron chi connectivity index (χ2n) is 8.01. The highest BCUT2D eigenvalue weighted by Crippen LogP contribution is 2.36. The molecule has 1 heterocycles. The minimum atomic E-state index is -4.46. The van der Waals surface area contributed by atoms with Crippen LogP contribution in [-0.2, 0) is 12.6 Å². The third-order valence-electron chi connectivity index (χ3n) is 5.75. The number of hydrogen-bond acceptors (Lipinski definition) is 3. The number of halogens is 4. The van der Waals surface area contributed by atoms with Gasteiger partial charge in [-0.3, -0.25) is 0 Å². The van der Waals surface area contributed by atoms with Gasteiger partial charge in [0.05, 0.1) is 5.56 Å². The smallest absolute Gasteiger partial charge is 0.376 e. The minimum absolute atomic E-state index is 0.0879. The van der Waals surface area contributed by atoms with Crippen molar-refractivity contribution < 1.29 is 17.6 Å². The first-order valence-corrected chi connectivity index (χ1v) is 10.4. The summed E-state index contributed by atoms with van der Waals surface area (Å²) in [5, 5.41) is 12.6. The summed E-state index contributed by atoms with van der Waals surface area (Å²) in [6, 6.07) is 19.0. The fraction of sp³-hybridized carbons (Fsp3) is 0.192. The maximum atomic E-state index is 13.3. The summed E-state index contributed by atoms with van der Waals surface area (Å²) in [6.45, 7) is 0.852. The molecule has 3 N–H and O–H groups in total. The molecule has 1 unspecified atom stereocenters. The van der Waals surface area contributed by atoms with Crippen LogP contribution in [0.25, 0.3) is 16.7 Å². The molecule has 168 valence electrons. The van der Waals surface area contributed by atoms with Crippen LogP contribution in [0.15, 0.2) is 72.4 Å². The Hall–Kier alpha value is -3.63. The lowest BCUT2D eigenvalue weighted by Crippen LogP contribution is -2.20. The largest absolute Gasteiger partial charge is 0.416 e. The van der Waals surface area contributed by atoms with Crippen molar-refractivity contribution in [2.45, 2.75) is 12.6 Å². The van der Waals surface area contributed by atoms with Gasteiger partial charge in [0.2, 0.25) is 0 Å². The van der Waals surface area contributed by atoms with Crippen molar-refractivity contribution in [2.24, 2.45) is 11.7 Å². The molecule has 0 saturated heterocycles. The monoisotopic (exact) mass is 451 g/mol. The zero-order valence-electron chi connectivity index (χ0n) is 17.6. The Bertz CT molecular complexity index is 1240. The maximum absolute atomic E-state index is 13.3. The number of nitriles is 1. The normalized spacial score (nSPS) is 15.9. The van der Waals surface area contributed by atoms with E-state index in [1.54, 1.807) is 24.3 Å². The van der Waals surface area contributed by atoms with Crippen molar-refractivity contribution in [3.05, 3.63) is 100 Å². The molecule has 0 aliphatic carbocycles. The van der Waals surface area contributed by atoms with Gasteiger partial charge in [0.25, 0.3) is 0 Å². The first-order chi connectivity index (χ1) is 15.8. The standard InChI is InChI=1S/C26H21F4N3/c27-23-6-4-16(5-7-23)8-17-9-19(18-2-1-3-22(12-18)26(28,29)30)11-20(10-17)25-21(13-31)15-33-24(25)14-32/h1-7,9-12,21,33H,8,13,15,31H2. The van der Waals surface area contributed by atoms with E-state index in [2.05, 4.69) is 11.4 Å². The van der Waals surface area contributed by atoms with Crippen LogP contribution in [-0.4, -0.2) is 13.1 Å². The molecule has 0 fully saturated rings. The fourth-order valence-corrected chi connectivity index (χ4v) is 4.14. The van der Waals surface area contributed by atoms with E-state index in [-0.39, 0.29) is 11.7 Å². The highest BCUT2D eigenvalue weighted by Gasteiger charge is 2.31. The van der Waals surface area contributed by atoms with Crippen LogP contribution in [0.5, 0.6) is 0 Å². The van der Waals surface area contributed by atoms with Gasteiger partial charge in [-0.15, -0.1) is 0 Å². The molecule has 3 aromatic carbocycles. The molecule has 4 rings (SSSR count). The summed E-state index contributed by atoms with van der Waals surface area (Å²) >= 11 is 0. The Balaban J connectivity index is 1.85. The third kappa shape index (κ3) is 4.91. The second kappa shape index (κ2) is 9.08. The Morgan fingerprint density at radius 3 is 2.33 bits per heavy atom. The highest BCUT2D eigenvalue weighted by atomic mass is 19.4. The van der Waals surface area contributed by atoms with E-state index in [9.17, 15) is 22.8 Å². The lowest BCUT2D eigenvalue weighted by molar-refractivity contribution is -0.137. The zero-order chi connectivity index (χ0) is 23.6. The quantitative estimate of drug-likeness (QED) is 0.503. The summed E-state index contributed by atoms with van der Waals surface area (Å²) in [4.78, 5) is 0. The summed E-state index contributed by atoms with van der Waals surface area (Å²) in [6.07, 6.45) is -4.00. The van der Waals surface area contributed by atoms with Gasteiger partial charge in [0.1, 0.15) is 17.6 Å². The van der Waals surface area contributed by atoms with Crippen LogP contribution in [0.1, 0.15) is 22.3 Å². The minimum Gasteiger partial charge on any atom is -0.376 e. The first-order valence-electron chi connectivity index (χ1n) is 10.4. The predicted octanol–water partition coefficient (Wildman–Crippen LogP) is 5.52. The maximum Gasteiger partial charge on any atom is 0.416 e. The van der Waals surface area contributed by atoms with Gasteiger partial charge in [-0.25, -0.2) is 4.39 Å². The lowest BCUT2D eigenvalue weighted by Gasteiger charge is -2.16. The molecule has 0 spiro atoms. The Morgan fingerprint density at radius 2 is 1.67 bits per heavy atom. The number of nitrogens with two attached hydrogens (primary N) is 1. The van der Waals surface area contributed by atoms with E-state index in [0.717, 1.165) is 34.4 Å². The van der Waals surface area contributed by atoms with Crippen LogP contribution in [0, 0.1) is 23.1 Å². The molecular weight excluding hydrogens is 430 g/mol.